The van der Waals surface area contributed by atoms with Crippen molar-refractivity contribution in [2.75, 3.05) is 5.32 Å². The van der Waals surface area contributed by atoms with Crippen LogP contribution in [0.2, 0.25) is 0 Å². The number of nitrogens with one attached hydrogen (secondary N) is 1. The fourth-order valence-corrected chi connectivity index (χ4v) is 2.54. The smallest absolute Gasteiger partial charge is 0.316 e. The first-order valence-corrected chi connectivity index (χ1v) is 8.12. The van der Waals surface area contributed by atoms with Crippen LogP contribution in [0.15, 0.2) is 73.3 Å². The van der Waals surface area contributed by atoms with Gasteiger partial charge < -0.3 is 10.2 Å². The molecule has 0 atom stereocenters. The summed E-state index contributed by atoms with van der Waals surface area (Å²) >= 11 is 0. The minimum absolute atomic E-state index is 0.167. The number of anilines is 1. The van der Waals surface area contributed by atoms with Crippen molar-refractivity contribution in [1.82, 2.24) is 14.9 Å². The van der Waals surface area contributed by atoms with E-state index in [-0.39, 0.29) is 6.03 Å². The Morgan fingerprint density at radius 1 is 0.960 bits per heavy atom. The monoisotopic (exact) mass is 332 g/mol. The summed E-state index contributed by atoms with van der Waals surface area (Å²) < 4.78 is 0. The van der Waals surface area contributed by atoms with Gasteiger partial charge in [0.15, 0.2) is 0 Å². The first-order valence-electron chi connectivity index (χ1n) is 8.12. The predicted octanol–water partition coefficient (Wildman–Crippen LogP) is 4.02. The van der Waals surface area contributed by atoms with E-state index >= 15 is 0 Å². The van der Waals surface area contributed by atoms with Crippen molar-refractivity contribution < 1.29 is 4.79 Å². The molecule has 5 heteroatoms. The summed E-state index contributed by atoms with van der Waals surface area (Å²) in [5.74, 6) is 0. The highest BCUT2D eigenvalue weighted by Gasteiger charge is 2.16. The molecule has 25 heavy (non-hydrogen) atoms. The second kappa shape index (κ2) is 8.06. The molecular formula is C20H20N4O. The predicted molar refractivity (Wildman–Crippen MR) is 97.9 cm³/mol. The molecule has 0 saturated carbocycles. The van der Waals surface area contributed by atoms with Crippen LogP contribution in [0.4, 0.5) is 10.5 Å². The number of nitrogens with zero attached hydrogens (tertiary/aromatic N) is 3. The Balaban J connectivity index is 1.80. The first kappa shape index (κ1) is 16.6. The number of benzene rings is 1. The fourth-order valence-electron chi connectivity index (χ4n) is 2.54. The summed E-state index contributed by atoms with van der Waals surface area (Å²) in [6.45, 7) is 3.05. The molecule has 0 aliphatic rings. The zero-order valence-electron chi connectivity index (χ0n) is 14.1. The number of hydrogen-bond donors (Lipinski definition) is 1. The van der Waals surface area contributed by atoms with Gasteiger partial charge in [0.1, 0.15) is 0 Å². The van der Waals surface area contributed by atoms with Crippen LogP contribution in [0, 0.1) is 6.92 Å². The summed E-state index contributed by atoms with van der Waals surface area (Å²) in [6, 6.07) is 15.4. The van der Waals surface area contributed by atoms with Crippen LogP contribution < -0.4 is 5.32 Å². The van der Waals surface area contributed by atoms with Gasteiger partial charge in [0.2, 0.25) is 0 Å². The van der Waals surface area contributed by atoms with Gasteiger partial charge in [-0.25, -0.2) is 4.79 Å². The molecule has 1 N–H and O–H groups in total. The van der Waals surface area contributed by atoms with Gasteiger partial charge in [-0.15, -0.1) is 0 Å². The third-order valence-electron chi connectivity index (χ3n) is 3.92. The average Bonchev–Trinajstić information content (AvgIpc) is 2.64. The van der Waals surface area contributed by atoms with E-state index < -0.39 is 0 Å². The number of carbonyl (C=O) groups excluding carboxylic acids is 1. The molecule has 3 aromatic rings. The van der Waals surface area contributed by atoms with Gasteiger partial charge in [0, 0.05) is 31.7 Å². The number of amides is 2. The van der Waals surface area contributed by atoms with E-state index in [2.05, 4.69) is 28.3 Å². The zero-order valence-corrected chi connectivity index (χ0v) is 14.1. The molecule has 126 valence electrons. The summed E-state index contributed by atoms with van der Waals surface area (Å²) in [7, 11) is 0. The largest absolute Gasteiger partial charge is 0.322 e. The maximum atomic E-state index is 12.8. The van der Waals surface area contributed by atoms with Crippen molar-refractivity contribution in [1.29, 1.82) is 0 Å². The van der Waals surface area contributed by atoms with Crippen molar-refractivity contribution in [2.24, 2.45) is 0 Å². The van der Waals surface area contributed by atoms with Crippen molar-refractivity contribution in [2.45, 2.75) is 20.0 Å². The van der Waals surface area contributed by atoms with Crippen LogP contribution in [-0.2, 0) is 13.1 Å². The standard InChI is InChI=1S/C20H20N4O/c1-16-6-2-3-8-18(16)15-24(14-17-7-4-10-21-12-17)20(25)23-19-9-5-11-22-13-19/h2-13H,14-15H2,1H3,(H,23,25). The topological polar surface area (TPSA) is 58.1 Å². The molecule has 0 radical (unpaired) electrons. The van der Waals surface area contributed by atoms with Gasteiger partial charge in [-0.05, 0) is 41.8 Å². The lowest BCUT2D eigenvalue weighted by Gasteiger charge is -2.24. The molecule has 2 heterocycles. The molecule has 0 saturated heterocycles. The minimum Gasteiger partial charge on any atom is -0.316 e. The number of aromatic nitrogens is 2. The van der Waals surface area contributed by atoms with Crippen molar-refractivity contribution in [3.63, 3.8) is 0 Å². The quantitative estimate of drug-likeness (QED) is 0.768. The Kier molecular flexibility index (Phi) is 5.36. The molecule has 0 bridgehead atoms. The molecule has 1 aromatic carbocycles. The summed E-state index contributed by atoms with van der Waals surface area (Å²) in [5.41, 5.74) is 3.94. The van der Waals surface area contributed by atoms with E-state index in [1.807, 2.05) is 36.4 Å². The molecule has 3 rings (SSSR count). The highest BCUT2D eigenvalue weighted by Crippen LogP contribution is 2.15. The molecule has 0 aliphatic heterocycles. The summed E-state index contributed by atoms with van der Waals surface area (Å²) in [4.78, 5) is 22.7. The molecule has 2 aromatic heterocycles. The van der Waals surface area contributed by atoms with Crippen molar-refractivity contribution >= 4 is 11.7 Å². The van der Waals surface area contributed by atoms with E-state index in [1.165, 1.54) is 0 Å². The summed E-state index contributed by atoms with van der Waals surface area (Å²) in [5, 5.41) is 2.91. The van der Waals surface area contributed by atoms with Crippen LogP contribution in [-0.4, -0.2) is 20.9 Å². The van der Waals surface area contributed by atoms with Gasteiger partial charge in [0.05, 0.1) is 11.9 Å². The Morgan fingerprint density at radius 2 is 1.72 bits per heavy atom. The van der Waals surface area contributed by atoms with Crippen LogP contribution >= 0.6 is 0 Å². The lowest BCUT2D eigenvalue weighted by Crippen LogP contribution is -2.34. The van der Waals surface area contributed by atoms with Gasteiger partial charge in [-0.2, -0.15) is 0 Å². The number of pyridine rings is 2. The number of rotatable bonds is 5. The Morgan fingerprint density at radius 3 is 2.40 bits per heavy atom. The Labute approximate surface area is 147 Å². The van der Waals surface area contributed by atoms with Crippen LogP contribution in [0.5, 0.6) is 0 Å². The highest BCUT2D eigenvalue weighted by molar-refractivity contribution is 5.89. The molecule has 2 amide bonds. The summed E-state index contributed by atoms with van der Waals surface area (Å²) in [6.07, 6.45) is 6.82. The Hall–Kier alpha value is -3.21. The van der Waals surface area contributed by atoms with Gasteiger partial charge in [-0.3, -0.25) is 9.97 Å². The number of urea groups is 1. The molecule has 0 fully saturated rings. The maximum Gasteiger partial charge on any atom is 0.322 e. The van der Waals surface area contributed by atoms with Gasteiger partial charge >= 0.3 is 6.03 Å². The molecule has 0 spiro atoms. The molecule has 0 unspecified atom stereocenters. The second-order valence-corrected chi connectivity index (χ2v) is 5.82. The maximum absolute atomic E-state index is 12.8. The van der Waals surface area contributed by atoms with E-state index in [0.717, 1.165) is 16.7 Å². The lowest BCUT2D eigenvalue weighted by atomic mass is 10.1. The fraction of sp³-hybridized carbons (Fsp3) is 0.150. The number of carbonyl (C=O) groups is 1. The zero-order chi connectivity index (χ0) is 17.5. The van der Waals surface area contributed by atoms with Crippen molar-refractivity contribution in [3.05, 3.63) is 90.0 Å². The van der Waals surface area contributed by atoms with E-state index in [0.29, 0.717) is 18.8 Å². The van der Waals surface area contributed by atoms with E-state index in [4.69, 9.17) is 0 Å². The minimum atomic E-state index is -0.167. The molecule has 0 aliphatic carbocycles. The Bertz CT molecular complexity index is 821. The second-order valence-electron chi connectivity index (χ2n) is 5.82. The lowest BCUT2D eigenvalue weighted by molar-refractivity contribution is 0.206. The number of aryl methyl sites for hydroxylation is 1. The molecular weight excluding hydrogens is 312 g/mol. The third-order valence-corrected chi connectivity index (χ3v) is 3.92. The van der Waals surface area contributed by atoms with Crippen LogP contribution in [0.25, 0.3) is 0 Å². The molecule has 5 nitrogen and oxygen atoms in total. The van der Waals surface area contributed by atoms with Crippen LogP contribution in [0.3, 0.4) is 0 Å². The van der Waals surface area contributed by atoms with Crippen molar-refractivity contribution in [3.8, 4) is 0 Å². The van der Waals surface area contributed by atoms with Gasteiger partial charge in [-0.1, -0.05) is 30.3 Å². The average molecular weight is 332 g/mol. The van der Waals surface area contributed by atoms with Crippen LogP contribution in [0.1, 0.15) is 16.7 Å². The van der Waals surface area contributed by atoms with E-state index in [9.17, 15) is 4.79 Å². The van der Waals surface area contributed by atoms with E-state index in [1.54, 1.807) is 35.8 Å². The third kappa shape index (κ3) is 4.64. The highest BCUT2D eigenvalue weighted by atomic mass is 16.2. The number of hydrogen-bond acceptors (Lipinski definition) is 3. The SMILES string of the molecule is Cc1ccccc1CN(Cc1cccnc1)C(=O)Nc1cccnc1. The van der Waals surface area contributed by atoms with Gasteiger partial charge in [0.25, 0.3) is 0 Å². The first-order chi connectivity index (χ1) is 12.2. The normalized spacial score (nSPS) is 10.3.